The minimum atomic E-state index is -0.172. The second-order valence-corrected chi connectivity index (χ2v) is 5.56. The summed E-state index contributed by atoms with van der Waals surface area (Å²) >= 11 is 11.8. The SMILES string of the molecule is Cc1cccc(N/C=C\C(=O)c2ccc(Cl)cc2Cl)c1C. The molecule has 1 N–H and O–H groups in total. The highest BCUT2D eigenvalue weighted by molar-refractivity contribution is 6.37. The van der Waals surface area contributed by atoms with Crippen LogP contribution in [0.1, 0.15) is 21.5 Å². The minimum absolute atomic E-state index is 0.172. The van der Waals surface area contributed by atoms with Gasteiger partial charge in [0.25, 0.3) is 0 Å². The molecule has 4 heteroatoms. The Morgan fingerprint density at radius 2 is 1.90 bits per heavy atom. The van der Waals surface area contributed by atoms with Crippen LogP contribution in [-0.4, -0.2) is 5.78 Å². The monoisotopic (exact) mass is 319 g/mol. The Hall–Kier alpha value is -1.77. The van der Waals surface area contributed by atoms with Crippen molar-refractivity contribution in [3.05, 3.63) is 75.4 Å². The molecule has 0 bridgehead atoms. The van der Waals surface area contributed by atoms with Crippen LogP contribution in [0.25, 0.3) is 0 Å². The third kappa shape index (κ3) is 3.87. The lowest BCUT2D eigenvalue weighted by Gasteiger charge is -2.07. The number of halogens is 2. The molecule has 0 aliphatic rings. The summed E-state index contributed by atoms with van der Waals surface area (Å²) in [6.45, 7) is 4.08. The Kier molecular flexibility index (Phi) is 5.05. The summed E-state index contributed by atoms with van der Waals surface area (Å²) in [5, 5.41) is 3.97. The summed E-state index contributed by atoms with van der Waals surface area (Å²) in [4.78, 5) is 12.1. The molecule has 0 saturated carbocycles. The van der Waals surface area contributed by atoms with Gasteiger partial charge < -0.3 is 5.32 Å². The zero-order valence-electron chi connectivity index (χ0n) is 11.8. The standard InChI is InChI=1S/C17H15Cl2NO/c1-11-4-3-5-16(12(11)2)20-9-8-17(21)14-7-6-13(18)10-15(14)19/h3-10,20H,1-2H3/b9-8-. The van der Waals surface area contributed by atoms with Gasteiger partial charge in [-0.3, -0.25) is 4.79 Å². The van der Waals surface area contributed by atoms with Crippen LogP contribution >= 0.6 is 23.2 Å². The maximum Gasteiger partial charge on any atom is 0.188 e. The predicted octanol–water partition coefficient (Wildman–Crippen LogP) is 5.42. The van der Waals surface area contributed by atoms with Gasteiger partial charge in [-0.05, 0) is 49.2 Å². The van der Waals surface area contributed by atoms with Crippen LogP contribution in [0.4, 0.5) is 5.69 Å². The third-order valence-corrected chi connectivity index (χ3v) is 3.82. The van der Waals surface area contributed by atoms with Gasteiger partial charge in [0.1, 0.15) is 0 Å². The second-order valence-electron chi connectivity index (χ2n) is 4.71. The molecule has 2 aromatic carbocycles. The van der Waals surface area contributed by atoms with E-state index in [0.717, 1.165) is 11.3 Å². The van der Waals surface area contributed by atoms with Crippen LogP contribution in [0.15, 0.2) is 48.7 Å². The van der Waals surface area contributed by atoms with Gasteiger partial charge >= 0.3 is 0 Å². The summed E-state index contributed by atoms with van der Waals surface area (Å²) in [6, 6.07) is 10.8. The van der Waals surface area contributed by atoms with E-state index < -0.39 is 0 Å². The molecule has 0 aliphatic heterocycles. The van der Waals surface area contributed by atoms with Crippen LogP contribution in [0.3, 0.4) is 0 Å². The highest BCUT2D eigenvalue weighted by Crippen LogP contribution is 2.22. The zero-order chi connectivity index (χ0) is 15.4. The van der Waals surface area contributed by atoms with Gasteiger partial charge in [0.05, 0.1) is 5.02 Å². The fourth-order valence-electron chi connectivity index (χ4n) is 1.89. The number of aryl methyl sites for hydroxylation is 1. The van der Waals surface area contributed by atoms with Crippen molar-refractivity contribution in [3.63, 3.8) is 0 Å². The molecule has 0 heterocycles. The van der Waals surface area contributed by atoms with Crippen molar-refractivity contribution in [3.8, 4) is 0 Å². The number of anilines is 1. The largest absolute Gasteiger partial charge is 0.361 e. The minimum Gasteiger partial charge on any atom is -0.361 e. The molecule has 0 radical (unpaired) electrons. The van der Waals surface area contributed by atoms with Crippen LogP contribution in [-0.2, 0) is 0 Å². The fraction of sp³-hybridized carbons (Fsp3) is 0.118. The van der Waals surface area contributed by atoms with Crippen LogP contribution < -0.4 is 5.32 Å². The van der Waals surface area contributed by atoms with E-state index in [1.165, 1.54) is 11.6 Å². The highest BCUT2D eigenvalue weighted by atomic mass is 35.5. The van der Waals surface area contributed by atoms with Gasteiger partial charge in [0, 0.05) is 28.5 Å². The van der Waals surface area contributed by atoms with Crippen LogP contribution in [0.5, 0.6) is 0 Å². The summed E-state index contributed by atoms with van der Waals surface area (Å²) < 4.78 is 0. The quantitative estimate of drug-likeness (QED) is 0.602. The van der Waals surface area contributed by atoms with E-state index in [2.05, 4.69) is 5.32 Å². The van der Waals surface area contributed by atoms with Gasteiger partial charge in [-0.2, -0.15) is 0 Å². The van der Waals surface area contributed by atoms with Crippen molar-refractivity contribution < 1.29 is 4.79 Å². The Balaban J connectivity index is 2.11. The molecule has 0 fully saturated rings. The Morgan fingerprint density at radius 1 is 1.14 bits per heavy atom. The van der Waals surface area contributed by atoms with Crippen molar-refractivity contribution in [2.45, 2.75) is 13.8 Å². The molecule has 2 rings (SSSR count). The maximum atomic E-state index is 12.1. The number of hydrogen-bond donors (Lipinski definition) is 1. The van der Waals surface area contributed by atoms with Gasteiger partial charge in [0.2, 0.25) is 0 Å². The fourth-order valence-corrected chi connectivity index (χ4v) is 2.40. The molecular weight excluding hydrogens is 305 g/mol. The maximum absolute atomic E-state index is 12.1. The first-order valence-corrected chi connectivity index (χ1v) is 7.23. The number of rotatable bonds is 4. The molecule has 0 aromatic heterocycles. The summed E-state index contributed by atoms with van der Waals surface area (Å²) in [7, 11) is 0. The number of nitrogens with one attached hydrogen (secondary N) is 1. The molecule has 0 unspecified atom stereocenters. The summed E-state index contributed by atoms with van der Waals surface area (Å²) in [5.74, 6) is -0.172. The van der Waals surface area contributed by atoms with Crippen molar-refractivity contribution in [2.75, 3.05) is 5.32 Å². The Bertz CT molecular complexity index is 708. The Labute approximate surface area is 134 Å². The van der Waals surface area contributed by atoms with Crippen molar-refractivity contribution >= 4 is 34.7 Å². The average Bonchev–Trinajstić information content (AvgIpc) is 2.43. The van der Waals surface area contributed by atoms with Gasteiger partial charge in [-0.15, -0.1) is 0 Å². The molecule has 0 spiro atoms. The van der Waals surface area contributed by atoms with Gasteiger partial charge in [-0.1, -0.05) is 35.3 Å². The number of carbonyl (C=O) groups excluding carboxylic acids is 1. The summed E-state index contributed by atoms with van der Waals surface area (Å²) in [6.07, 6.45) is 3.08. The molecule has 0 atom stereocenters. The van der Waals surface area contributed by atoms with Crippen LogP contribution in [0, 0.1) is 13.8 Å². The van der Waals surface area contributed by atoms with Crippen molar-refractivity contribution in [1.29, 1.82) is 0 Å². The Morgan fingerprint density at radius 3 is 2.62 bits per heavy atom. The van der Waals surface area contributed by atoms with Crippen molar-refractivity contribution in [2.24, 2.45) is 0 Å². The molecule has 0 aliphatic carbocycles. The number of benzene rings is 2. The number of allylic oxidation sites excluding steroid dienone is 1. The smallest absolute Gasteiger partial charge is 0.188 e. The van der Waals surface area contributed by atoms with E-state index >= 15 is 0 Å². The second kappa shape index (κ2) is 6.79. The lowest BCUT2D eigenvalue weighted by Crippen LogP contribution is -1.98. The van der Waals surface area contributed by atoms with E-state index in [-0.39, 0.29) is 5.78 Å². The number of ketones is 1. The average molecular weight is 320 g/mol. The van der Waals surface area contributed by atoms with E-state index in [4.69, 9.17) is 23.2 Å². The van der Waals surface area contributed by atoms with E-state index in [0.29, 0.717) is 15.6 Å². The predicted molar refractivity (Wildman–Crippen MR) is 89.5 cm³/mol. The molecule has 21 heavy (non-hydrogen) atoms. The van der Waals surface area contributed by atoms with Gasteiger partial charge in [-0.25, -0.2) is 0 Å². The molecule has 2 nitrogen and oxygen atoms in total. The van der Waals surface area contributed by atoms with Crippen molar-refractivity contribution in [1.82, 2.24) is 0 Å². The topological polar surface area (TPSA) is 29.1 Å². The number of carbonyl (C=O) groups is 1. The highest BCUT2D eigenvalue weighted by Gasteiger charge is 2.07. The molecule has 108 valence electrons. The van der Waals surface area contributed by atoms with E-state index in [1.54, 1.807) is 24.4 Å². The lowest BCUT2D eigenvalue weighted by atomic mass is 10.1. The van der Waals surface area contributed by atoms with Gasteiger partial charge in [0.15, 0.2) is 5.78 Å². The first-order valence-electron chi connectivity index (χ1n) is 6.47. The molecule has 2 aromatic rings. The third-order valence-electron chi connectivity index (χ3n) is 3.27. The lowest BCUT2D eigenvalue weighted by molar-refractivity contribution is 0.104. The van der Waals surface area contributed by atoms with E-state index in [1.807, 2.05) is 32.0 Å². The first-order chi connectivity index (χ1) is 9.99. The normalized spacial score (nSPS) is 10.9. The zero-order valence-corrected chi connectivity index (χ0v) is 13.3. The summed E-state index contributed by atoms with van der Waals surface area (Å²) in [5.41, 5.74) is 3.75. The first kappa shape index (κ1) is 15.6. The molecule has 0 saturated heterocycles. The molecule has 0 amide bonds. The van der Waals surface area contributed by atoms with Crippen LogP contribution in [0.2, 0.25) is 10.0 Å². The molecular formula is C17H15Cl2NO. The number of hydrogen-bond acceptors (Lipinski definition) is 2. The van der Waals surface area contributed by atoms with E-state index in [9.17, 15) is 4.79 Å².